The summed E-state index contributed by atoms with van der Waals surface area (Å²) in [5.41, 5.74) is 1.06. The maximum Gasteiger partial charge on any atom is 0.335 e. The highest BCUT2D eigenvalue weighted by Gasteiger charge is 2.35. The Bertz CT molecular complexity index is 479. The molecule has 0 bridgehead atoms. The Balaban J connectivity index is 2.32. The Morgan fingerprint density at radius 2 is 1.86 bits per heavy atom. The SMILES string of the molecule is CC(C)(CO)[C@H](c1ccc(C(=O)O)cc1)N1CCNCC1. The van der Waals surface area contributed by atoms with Crippen molar-refractivity contribution in [1.82, 2.24) is 10.2 Å². The molecule has 0 amide bonds. The van der Waals surface area contributed by atoms with Crippen molar-refractivity contribution < 1.29 is 15.0 Å². The molecule has 5 heteroatoms. The van der Waals surface area contributed by atoms with E-state index in [4.69, 9.17) is 5.11 Å². The van der Waals surface area contributed by atoms with Gasteiger partial charge in [-0.25, -0.2) is 4.79 Å². The fourth-order valence-corrected chi connectivity index (χ4v) is 2.99. The summed E-state index contributed by atoms with van der Waals surface area (Å²) in [6.45, 7) is 7.90. The van der Waals surface area contributed by atoms with Crippen molar-refractivity contribution in [3.05, 3.63) is 35.4 Å². The summed E-state index contributed by atoms with van der Waals surface area (Å²) in [5, 5.41) is 22.1. The standard InChI is InChI=1S/C16H24N2O3/c1-16(2,11-19)14(18-9-7-17-8-10-18)12-3-5-13(6-4-12)15(20)21/h3-6,14,17,19H,7-11H2,1-2H3,(H,20,21)/t14-/m0/s1. The molecule has 1 saturated heterocycles. The molecule has 0 aromatic heterocycles. The maximum absolute atomic E-state index is 11.0. The summed E-state index contributed by atoms with van der Waals surface area (Å²) in [4.78, 5) is 13.3. The second-order valence-electron chi connectivity index (χ2n) is 6.26. The number of carboxylic acid groups (broad SMARTS) is 1. The molecule has 116 valence electrons. The number of aromatic carboxylic acids is 1. The molecule has 1 aliphatic rings. The van der Waals surface area contributed by atoms with E-state index in [-0.39, 0.29) is 18.1 Å². The third-order valence-electron chi connectivity index (χ3n) is 4.14. The van der Waals surface area contributed by atoms with Crippen LogP contribution in [0.25, 0.3) is 0 Å². The summed E-state index contributed by atoms with van der Waals surface area (Å²) in [7, 11) is 0. The number of hydrogen-bond donors (Lipinski definition) is 3. The van der Waals surface area contributed by atoms with Gasteiger partial charge in [0.05, 0.1) is 5.56 Å². The molecular weight excluding hydrogens is 268 g/mol. The van der Waals surface area contributed by atoms with Crippen molar-refractivity contribution in [3.63, 3.8) is 0 Å². The Hall–Kier alpha value is -1.43. The fourth-order valence-electron chi connectivity index (χ4n) is 2.99. The monoisotopic (exact) mass is 292 g/mol. The van der Waals surface area contributed by atoms with Crippen molar-refractivity contribution in [2.75, 3.05) is 32.8 Å². The van der Waals surface area contributed by atoms with Gasteiger partial charge in [-0.1, -0.05) is 26.0 Å². The average molecular weight is 292 g/mol. The molecule has 1 aromatic rings. The molecule has 0 unspecified atom stereocenters. The molecule has 0 aliphatic carbocycles. The van der Waals surface area contributed by atoms with Crippen LogP contribution in [0.1, 0.15) is 35.8 Å². The Morgan fingerprint density at radius 3 is 2.33 bits per heavy atom. The van der Waals surface area contributed by atoms with Crippen molar-refractivity contribution in [2.45, 2.75) is 19.9 Å². The third-order valence-corrected chi connectivity index (χ3v) is 4.14. The first-order valence-electron chi connectivity index (χ1n) is 7.34. The number of aliphatic hydroxyl groups excluding tert-OH is 1. The lowest BCUT2D eigenvalue weighted by atomic mass is 9.79. The topological polar surface area (TPSA) is 72.8 Å². The van der Waals surface area contributed by atoms with Crippen molar-refractivity contribution in [2.24, 2.45) is 5.41 Å². The summed E-state index contributed by atoms with van der Waals surface area (Å²) >= 11 is 0. The first-order valence-corrected chi connectivity index (χ1v) is 7.34. The van der Waals surface area contributed by atoms with Gasteiger partial charge in [0.1, 0.15) is 0 Å². The Morgan fingerprint density at radius 1 is 1.29 bits per heavy atom. The summed E-state index contributed by atoms with van der Waals surface area (Å²) in [5.74, 6) is -0.915. The van der Waals surface area contributed by atoms with Gasteiger partial charge in [-0.05, 0) is 17.7 Å². The first-order chi connectivity index (χ1) is 9.95. The second-order valence-corrected chi connectivity index (χ2v) is 6.26. The van der Waals surface area contributed by atoms with E-state index >= 15 is 0 Å². The zero-order valence-electron chi connectivity index (χ0n) is 12.7. The smallest absolute Gasteiger partial charge is 0.335 e. The van der Waals surface area contributed by atoms with E-state index in [1.54, 1.807) is 12.1 Å². The number of nitrogens with one attached hydrogen (secondary N) is 1. The largest absolute Gasteiger partial charge is 0.478 e. The zero-order valence-corrected chi connectivity index (χ0v) is 12.7. The molecule has 5 nitrogen and oxygen atoms in total. The molecule has 2 rings (SSSR count). The zero-order chi connectivity index (χ0) is 15.5. The van der Waals surface area contributed by atoms with Gasteiger partial charge in [-0.15, -0.1) is 0 Å². The number of aliphatic hydroxyl groups is 1. The number of benzene rings is 1. The van der Waals surface area contributed by atoms with E-state index in [0.717, 1.165) is 31.7 Å². The highest BCUT2D eigenvalue weighted by molar-refractivity contribution is 5.87. The van der Waals surface area contributed by atoms with Gasteiger partial charge in [-0.2, -0.15) is 0 Å². The molecule has 1 aliphatic heterocycles. The van der Waals surface area contributed by atoms with Crippen molar-refractivity contribution in [3.8, 4) is 0 Å². The van der Waals surface area contributed by atoms with Gasteiger partial charge in [0.2, 0.25) is 0 Å². The average Bonchev–Trinajstić information content (AvgIpc) is 2.49. The van der Waals surface area contributed by atoms with Gasteiger partial charge in [0.15, 0.2) is 0 Å². The number of hydrogen-bond acceptors (Lipinski definition) is 4. The molecule has 1 atom stereocenters. The van der Waals surface area contributed by atoms with Gasteiger partial charge in [0, 0.05) is 44.2 Å². The Kier molecular flexibility index (Phi) is 4.98. The number of rotatable bonds is 5. The number of piperazine rings is 1. The molecule has 0 radical (unpaired) electrons. The van der Waals surface area contributed by atoms with Crippen LogP contribution in [0.2, 0.25) is 0 Å². The minimum Gasteiger partial charge on any atom is -0.478 e. The predicted octanol–water partition coefficient (Wildman–Crippen LogP) is 1.35. The van der Waals surface area contributed by atoms with Crippen LogP contribution >= 0.6 is 0 Å². The van der Waals surface area contributed by atoms with Gasteiger partial charge < -0.3 is 15.5 Å². The van der Waals surface area contributed by atoms with E-state index in [1.165, 1.54) is 0 Å². The lowest BCUT2D eigenvalue weighted by molar-refractivity contribution is 0.0305. The van der Waals surface area contributed by atoms with Crippen LogP contribution in [0.15, 0.2) is 24.3 Å². The van der Waals surface area contributed by atoms with Crippen molar-refractivity contribution in [1.29, 1.82) is 0 Å². The van der Waals surface area contributed by atoms with Crippen LogP contribution in [-0.2, 0) is 0 Å². The summed E-state index contributed by atoms with van der Waals surface area (Å²) < 4.78 is 0. The van der Waals surface area contributed by atoms with E-state index in [9.17, 15) is 9.90 Å². The molecule has 3 N–H and O–H groups in total. The quantitative estimate of drug-likeness (QED) is 0.764. The van der Waals surface area contributed by atoms with Crippen molar-refractivity contribution >= 4 is 5.97 Å². The molecule has 0 saturated carbocycles. The van der Waals surface area contributed by atoms with Crippen LogP contribution in [-0.4, -0.2) is 53.9 Å². The van der Waals surface area contributed by atoms with Crippen LogP contribution < -0.4 is 5.32 Å². The minimum atomic E-state index is -0.915. The Labute approximate surface area is 125 Å². The number of carboxylic acids is 1. The second kappa shape index (κ2) is 6.56. The number of carbonyl (C=O) groups is 1. The molecule has 21 heavy (non-hydrogen) atoms. The number of nitrogens with zero attached hydrogens (tertiary/aromatic N) is 1. The van der Waals surface area contributed by atoms with Crippen LogP contribution in [0.3, 0.4) is 0 Å². The molecule has 1 fully saturated rings. The lowest BCUT2D eigenvalue weighted by Gasteiger charge is -2.43. The van der Waals surface area contributed by atoms with E-state index < -0.39 is 5.97 Å². The van der Waals surface area contributed by atoms with Gasteiger partial charge in [0.25, 0.3) is 0 Å². The highest BCUT2D eigenvalue weighted by atomic mass is 16.4. The summed E-state index contributed by atoms with van der Waals surface area (Å²) in [6, 6.07) is 7.09. The van der Waals surface area contributed by atoms with Gasteiger partial charge >= 0.3 is 5.97 Å². The van der Waals surface area contributed by atoms with Crippen LogP contribution in [0.4, 0.5) is 0 Å². The maximum atomic E-state index is 11.0. The predicted molar refractivity (Wildman–Crippen MR) is 81.5 cm³/mol. The minimum absolute atomic E-state index is 0.0763. The van der Waals surface area contributed by atoms with Crippen LogP contribution in [0.5, 0.6) is 0 Å². The van der Waals surface area contributed by atoms with E-state index in [1.807, 2.05) is 26.0 Å². The molecule has 1 heterocycles. The highest BCUT2D eigenvalue weighted by Crippen LogP contribution is 2.38. The van der Waals surface area contributed by atoms with E-state index in [0.29, 0.717) is 5.56 Å². The summed E-state index contributed by atoms with van der Waals surface area (Å²) in [6.07, 6.45) is 0. The normalized spacial score (nSPS) is 18.4. The lowest BCUT2D eigenvalue weighted by Crippen LogP contribution is -2.49. The third kappa shape index (κ3) is 3.61. The van der Waals surface area contributed by atoms with Gasteiger partial charge in [-0.3, -0.25) is 4.90 Å². The molecule has 1 aromatic carbocycles. The molecular formula is C16H24N2O3. The van der Waals surface area contributed by atoms with Crippen LogP contribution in [0, 0.1) is 5.41 Å². The fraction of sp³-hybridized carbons (Fsp3) is 0.562. The molecule has 0 spiro atoms. The van der Waals surface area contributed by atoms with E-state index in [2.05, 4.69) is 10.2 Å². The first kappa shape index (κ1) is 15.9.